The summed E-state index contributed by atoms with van der Waals surface area (Å²) < 4.78 is 13.1. The molecule has 0 atom stereocenters. The number of benzene rings is 2. The van der Waals surface area contributed by atoms with Crippen molar-refractivity contribution >= 4 is 22.6 Å². The van der Waals surface area contributed by atoms with Gasteiger partial charge in [0.25, 0.3) is 0 Å². The zero-order chi connectivity index (χ0) is 17.2. The fourth-order valence-corrected chi connectivity index (χ4v) is 2.58. The minimum absolute atomic E-state index is 0.305. The Bertz CT molecular complexity index is 870. The number of aromatic nitrogens is 1. The number of hydrogen-bond donors (Lipinski definition) is 2. The Morgan fingerprint density at radius 3 is 2.50 bits per heavy atom. The molecule has 1 heterocycles. The van der Waals surface area contributed by atoms with E-state index < -0.39 is 5.54 Å². The van der Waals surface area contributed by atoms with Crippen LogP contribution in [0.4, 0.5) is 14.9 Å². The van der Waals surface area contributed by atoms with Crippen molar-refractivity contribution in [3.63, 3.8) is 0 Å². The number of para-hydroxylation sites is 1. The standard InChI is InChI=1S/C19H18FN3O/c1-19(2,14-8-10-15(20)11-9-14)23-18(24)22-16-7-3-5-13-6-4-12-21-17(13)16/h3-12H,1-2H3,(H2,22,23,24). The summed E-state index contributed by atoms with van der Waals surface area (Å²) in [5.74, 6) is -0.305. The first kappa shape index (κ1) is 15.9. The van der Waals surface area contributed by atoms with Crippen LogP contribution in [0.3, 0.4) is 0 Å². The molecule has 2 amide bonds. The molecule has 1 aromatic heterocycles. The van der Waals surface area contributed by atoms with Crippen LogP contribution in [-0.2, 0) is 5.54 Å². The second-order valence-electron chi connectivity index (χ2n) is 6.09. The molecule has 0 aliphatic rings. The van der Waals surface area contributed by atoms with E-state index in [1.54, 1.807) is 24.4 Å². The lowest BCUT2D eigenvalue weighted by atomic mass is 9.94. The predicted molar refractivity (Wildman–Crippen MR) is 93.3 cm³/mol. The molecule has 5 heteroatoms. The van der Waals surface area contributed by atoms with E-state index in [0.29, 0.717) is 5.69 Å². The minimum Gasteiger partial charge on any atom is -0.329 e. The summed E-state index contributed by atoms with van der Waals surface area (Å²) in [6.07, 6.45) is 1.69. The van der Waals surface area contributed by atoms with Crippen molar-refractivity contribution in [1.82, 2.24) is 10.3 Å². The van der Waals surface area contributed by atoms with E-state index in [2.05, 4.69) is 15.6 Å². The van der Waals surface area contributed by atoms with Gasteiger partial charge in [-0.05, 0) is 43.7 Å². The van der Waals surface area contributed by atoms with E-state index in [1.165, 1.54) is 12.1 Å². The van der Waals surface area contributed by atoms with Crippen LogP contribution >= 0.6 is 0 Å². The summed E-state index contributed by atoms with van der Waals surface area (Å²) in [6.45, 7) is 3.72. The molecule has 122 valence electrons. The Morgan fingerprint density at radius 1 is 1.04 bits per heavy atom. The number of amides is 2. The van der Waals surface area contributed by atoms with Crippen LogP contribution in [0.15, 0.2) is 60.8 Å². The highest BCUT2D eigenvalue weighted by molar-refractivity contribution is 5.99. The fourth-order valence-electron chi connectivity index (χ4n) is 2.58. The molecule has 2 N–H and O–H groups in total. The largest absolute Gasteiger partial charge is 0.329 e. The van der Waals surface area contributed by atoms with E-state index >= 15 is 0 Å². The molecule has 0 saturated heterocycles. The lowest BCUT2D eigenvalue weighted by molar-refractivity contribution is 0.242. The highest BCUT2D eigenvalue weighted by Crippen LogP contribution is 2.23. The number of nitrogens with one attached hydrogen (secondary N) is 2. The molecular formula is C19H18FN3O. The van der Waals surface area contributed by atoms with Gasteiger partial charge in [-0.3, -0.25) is 4.98 Å². The Hall–Kier alpha value is -2.95. The topological polar surface area (TPSA) is 54.0 Å². The highest BCUT2D eigenvalue weighted by Gasteiger charge is 2.23. The fraction of sp³-hybridized carbons (Fsp3) is 0.158. The van der Waals surface area contributed by atoms with Gasteiger partial charge in [0.05, 0.1) is 16.7 Å². The lowest BCUT2D eigenvalue weighted by Gasteiger charge is -2.27. The normalized spacial score (nSPS) is 11.3. The van der Waals surface area contributed by atoms with Crippen molar-refractivity contribution < 1.29 is 9.18 Å². The summed E-state index contributed by atoms with van der Waals surface area (Å²) in [5, 5.41) is 6.69. The van der Waals surface area contributed by atoms with Crippen LogP contribution in [0.25, 0.3) is 10.9 Å². The van der Waals surface area contributed by atoms with Gasteiger partial charge in [-0.2, -0.15) is 0 Å². The Balaban J connectivity index is 1.78. The Kier molecular flexibility index (Phi) is 4.16. The number of pyridine rings is 1. The van der Waals surface area contributed by atoms with Crippen LogP contribution in [-0.4, -0.2) is 11.0 Å². The zero-order valence-corrected chi connectivity index (χ0v) is 13.5. The SMILES string of the molecule is CC(C)(NC(=O)Nc1cccc2cccnc12)c1ccc(F)cc1. The van der Waals surface area contributed by atoms with Gasteiger partial charge in [0.15, 0.2) is 0 Å². The molecular weight excluding hydrogens is 305 g/mol. The molecule has 0 fully saturated rings. The molecule has 0 bridgehead atoms. The predicted octanol–water partition coefficient (Wildman–Crippen LogP) is 4.43. The third-order valence-electron chi connectivity index (χ3n) is 3.87. The maximum atomic E-state index is 13.1. The number of rotatable bonds is 3. The summed E-state index contributed by atoms with van der Waals surface area (Å²) in [4.78, 5) is 16.7. The molecule has 0 unspecified atom stereocenters. The molecule has 3 rings (SSSR count). The number of carbonyl (C=O) groups is 1. The molecule has 0 aliphatic carbocycles. The summed E-state index contributed by atoms with van der Waals surface area (Å²) in [5.41, 5.74) is 1.54. The van der Waals surface area contributed by atoms with Crippen molar-refractivity contribution in [2.45, 2.75) is 19.4 Å². The maximum absolute atomic E-state index is 13.1. The van der Waals surface area contributed by atoms with Gasteiger partial charge in [-0.1, -0.05) is 30.3 Å². The first-order valence-corrected chi connectivity index (χ1v) is 7.65. The second kappa shape index (κ2) is 6.28. The quantitative estimate of drug-likeness (QED) is 0.749. The lowest BCUT2D eigenvalue weighted by Crippen LogP contribution is -2.43. The van der Waals surface area contributed by atoms with Crippen LogP contribution < -0.4 is 10.6 Å². The Labute approximate surface area is 139 Å². The average molecular weight is 323 g/mol. The van der Waals surface area contributed by atoms with E-state index in [9.17, 15) is 9.18 Å². The number of anilines is 1. The number of fused-ring (bicyclic) bond motifs is 1. The Morgan fingerprint density at radius 2 is 1.75 bits per heavy atom. The van der Waals surface area contributed by atoms with E-state index in [4.69, 9.17) is 0 Å². The number of carbonyl (C=O) groups excluding carboxylic acids is 1. The third-order valence-corrected chi connectivity index (χ3v) is 3.87. The molecule has 24 heavy (non-hydrogen) atoms. The second-order valence-corrected chi connectivity index (χ2v) is 6.09. The average Bonchev–Trinajstić information content (AvgIpc) is 2.55. The van der Waals surface area contributed by atoms with Crippen LogP contribution in [0.2, 0.25) is 0 Å². The van der Waals surface area contributed by atoms with Crippen LogP contribution in [0.1, 0.15) is 19.4 Å². The van der Waals surface area contributed by atoms with Crippen molar-refractivity contribution in [1.29, 1.82) is 0 Å². The van der Waals surface area contributed by atoms with Crippen LogP contribution in [0, 0.1) is 5.82 Å². The van der Waals surface area contributed by atoms with E-state index in [-0.39, 0.29) is 11.8 Å². The van der Waals surface area contributed by atoms with Gasteiger partial charge in [0.2, 0.25) is 0 Å². The summed E-state index contributed by atoms with van der Waals surface area (Å²) >= 11 is 0. The number of hydrogen-bond acceptors (Lipinski definition) is 2. The highest BCUT2D eigenvalue weighted by atomic mass is 19.1. The molecule has 2 aromatic carbocycles. The smallest absolute Gasteiger partial charge is 0.319 e. The molecule has 0 saturated carbocycles. The molecule has 4 nitrogen and oxygen atoms in total. The van der Waals surface area contributed by atoms with Crippen molar-refractivity contribution in [2.75, 3.05) is 5.32 Å². The first-order valence-electron chi connectivity index (χ1n) is 7.65. The van der Waals surface area contributed by atoms with E-state index in [0.717, 1.165) is 16.5 Å². The van der Waals surface area contributed by atoms with Crippen LogP contribution in [0.5, 0.6) is 0 Å². The van der Waals surface area contributed by atoms with Gasteiger partial charge < -0.3 is 10.6 Å². The van der Waals surface area contributed by atoms with Crippen molar-refractivity contribution in [3.05, 3.63) is 72.2 Å². The summed E-state index contributed by atoms with van der Waals surface area (Å²) in [7, 11) is 0. The zero-order valence-electron chi connectivity index (χ0n) is 13.5. The van der Waals surface area contributed by atoms with Gasteiger partial charge in [-0.15, -0.1) is 0 Å². The van der Waals surface area contributed by atoms with Crippen molar-refractivity contribution in [3.8, 4) is 0 Å². The molecule has 0 radical (unpaired) electrons. The van der Waals surface area contributed by atoms with Crippen molar-refractivity contribution in [2.24, 2.45) is 0 Å². The van der Waals surface area contributed by atoms with E-state index in [1.807, 2.05) is 38.1 Å². The minimum atomic E-state index is -0.643. The monoisotopic (exact) mass is 323 g/mol. The van der Waals surface area contributed by atoms with Gasteiger partial charge in [0.1, 0.15) is 5.82 Å². The van der Waals surface area contributed by atoms with Gasteiger partial charge in [0, 0.05) is 11.6 Å². The first-order chi connectivity index (χ1) is 11.5. The van der Waals surface area contributed by atoms with Gasteiger partial charge in [-0.25, -0.2) is 9.18 Å². The third kappa shape index (κ3) is 3.35. The number of halogens is 1. The van der Waals surface area contributed by atoms with Gasteiger partial charge >= 0.3 is 6.03 Å². The number of urea groups is 1. The summed E-state index contributed by atoms with van der Waals surface area (Å²) in [6, 6.07) is 15.1. The molecule has 0 aliphatic heterocycles. The number of nitrogens with zero attached hydrogens (tertiary/aromatic N) is 1. The maximum Gasteiger partial charge on any atom is 0.319 e. The molecule has 3 aromatic rings. The molecule has 0 spiro atoms.